The number of carbonyl (C=O) groups excluding carboxylic acids is 1. The maximum Gasteiger partial charge on any atom is 0.573 e. The van der Waals surface area contributed by atoms with Crippen LogP contribution < -0.4 is 10.1 Å². The monoisotopic (exact) mass is 396 g/mol. The number of halogens is 3. The van der Waals surface area contributed by atoms with Crippen LogP contribution in [0.4, 0.5) is 13.2 Å². The van der Waals surface area contributed by atoms with Gasteiger partial charge in [-0.05, 0) is 62.2 Å². The number of hydrogen-bond donors (Lipinski definition) is 1. The van der Waals surface area contributed by atoms with Crippen LogP contribution >= 0.6 is 11.3 Å². The highest BCUT2D eigenvalue weighted by Gasteiger charge is 2.60. The van der Waals surface area contributed by atoms with Gasteiger partial charge < -0.3 is 10.1 Å². The Labute approximate surface area is 158 Å². The van der Waals surface area contributed by atoms with Crippen LogP contribution in [0.25, 0.3) is 10.1 Å². The van der Waals surface area contributed by atoms with E-state index < -0.39 is 6.36 Å². The Kier molecular flexibility index (Phi) is 3.75. The number of hydrogen-bond acceptors (Lipinski definition) is 4. The summed E-state index contributed by atoms with van der Waals surface area (Å²) in [5, 5.41) is 3.80. The van der Waals surface area contributed by atoms with Crippen molar-refractivity contribution in [3.8, 4) is 5.75 Å². The lowest BCUT2D eigenvalue weighted by Crippen LogP contribution is -2.65. The molecule has 8 heteroatoms. The molecule has 1 spiro atoms. The molecule has 27 heavy (non-hydrogen) atoms. The molecule has 144 valence electrons. The minimum Gasteiger partial charge on any atom is -0.404 e. The van der Waals surface area contributed by atoms with Gasteiger partial charge in [0.05, 0.1) is 15.6 Å². The van der Waals surface area contributed by atoms with E-state index in [2.05, 4.69) is 15.0 Å². The van der Waals surface area contributed by atoms with Crippen LogP contribution in [0.15, 0.2) is 24.3 Å². The van der Waals surface area contributed by atoms with Crippen LogP contribution in [0.5, 0.6) is 5.75 Å². The van der Waals surface area contributed by atoms with Gasteiger partial charge in [0.2, 0.25) is 0 Å². The number of amides is 1. The van der Waals surface area contributed by atoms with Crippen LogP contribution in [-0.4, -0.2) is 41.8 Å². The van der Waals surface area contributed by atoms with E-state index in [0.717, 1.165) is 50.1 Å². The number of ether oxygens (including phenoxy) is 1. The van der Waals surface area contributed by atoms with Crippen LogP contribution in [0.3, 0.4) is 0 Å². The summed E-state index contributed by atoms with van der Waals surface area (Å²) in [7, 11) is 0. The number of fused-ring (bicyclic) bond motifs is 3. The molecule has 1 atom stereocenters. The van der Waals surface area contributed by atoms with Crippen molar-refractivity contribution in [3.63, 3.8) is 0 Å². The molecule has 6 rings (SSSR count). The molecule has 1 saturated carbocycles. The number of rotatable bonds is 3. The fourth-order valence-electron chi connectivity index (χ4n) is 4.89. The Morgan fingerprint density at radius 2 is 2.00 bits per heavy atom. The highest BCUT2D eigenvalue weighted by atomic mass is 32.1. The number of carbonyl (C=O) groups is 1. The first-order chi connectivity index (χ1) is 12.9. The quantitative estimate of drug-likeness (QED) is 0.847. The van der Waals surface area contributed by atoms with Crippen LogP contribution in [0.1, 0.15) is 35.4 Å². The highest BCUT2D eigenvalue weighted by molar-refractivity contribution is 7.21. The Balaban J connectivity index is 1.41. The van der Waals surface area contributed by atoms with Gasteiger partial charge in [-0.2, -0.15) is 0 Å². The van der Waals surface area contributed by atoms with Gasteiger partial charge in [-0.25, -0.2) is 0 Å². The average Bonchev–Trinajstić information content (AvgIpc) is 3.26. The van der Waals surface area contributed by atoms with Crippen molar-refractivity contribution in [2.24, 2.45) is 5.92 Å². The third kappa shape index (κ3) is 2.89. The first-order valence-corrected chi connectivity index (χ1v) is 10.0. The molecule has 0 unspecified atom stereocenters. The molecule has 1 aromatic carbocycles. The summed E-state index contributed by atoms with van der Waals surface area (Å²) in [6.45, 7) is 2.22. The summed E-state index contributed by atoms with van der Waals surface area (Å²) < 4.78 is 42.3. The molecule has 3 aliphatic heterocycles. The zero-order valence-corrected chi connectivity index (χ0v) is 15.3. The molecule has 2 bridgehead atoms. The highest BCUT2D eigenvalue weighted by Crippen LogP contribution is 2.53. The molecule has 1 aromatic heterocycles. The molecule has 1 amide bonds. The first-order valence-electron chi connectivity index (χ1n) is 9.20. The zero-order chi connectivity index (χ0) is 18.8. The minimum absolute atomic E-state index is 0.123. The number of nitrogens with one attached hydrogen (secondary N) is 1. The van der Waals surface area contributed by atoms with Crippen molar-refractivity contribution in [2.45, 2.75) is 43.6 Å². The molecule has 4 nitrogen and oxygen atoms in total. The largest absolute Gasteiger partial charge is 0.573 e. The maximum absolute atomic E-state index is 12.9. The Morgan fingerprint density at radius 1 is 1.26 bits per heavy atom. The van der Waals surface area contributed by atoms with E-state index in [1.807, 2.05) is 0 Å². The molecular formula is C19H19F3N2O2S. The van der Waals surface area contributed by atoms with Crippen molar-refractivity contribution < 1.29 is 22.7 Å². The van der Waals surface area contributed by atoms with Gasteiger partial charge in [0.15, 0.2) is 0 Å². The first kappa shape index (κ1) is 17.3. The second-order valence-corrected chi connectivity index (χ2v) is 8.76. The summed E-state index contributed by atoms with van der Waals surface area (Å²) in [6, 6.07) is 6.27. The van der Waals surface area contributed by atoms with E-state index in [-0.39, 0.29) is 23.2 Å². The fourth-order valence-corrected chi connectivity index (χ4v) is 5.90. The lowest BCUT2D eigenvalue weighted by molar-refractivity contribution is -0.274. The molecule has 1 N–H and O–H groups in total. The molecule has 1 aliphatic carbocycles. The van der Waals surface area contributed by atoms with Crippen LogP contribution in [0, 0.1) is 5.92 Å². The fraction of sp³-hybridized carbons (Fsp3) is 0.526. The summed E-state index contributed by atoms with van der Waals surface area (Å²) in [4.78, 5) is 15.8. The summed E-state index contributed by atoms with van der Waals surface area (Å²) in [5.41, 5.74) is 0.123. The normalized spacial score (nSPS) is 28.5. The van der Waals surface area contributed by atoms with Gasteiger partial charge in [0.1, 0.15) is 5.75 Å². The average molecular weight is 396 g/mol. The molecular weight excluding hydrogens is 377 g/mol. The van der Waals surface area contributed by atoms with E-state index in [1.54, 1.807) is 12.1 Å². The summed E-state index contributed by atoms with van der Waals surface area (Å²) >= 11 is 1.05. The second-order valence-electron chi connectivity index (χ2n) is 7.71. The van der Waals surface area contributed by atoms with Crippen LogP contribution in [0.2, 0.25) is 0 Å². The third-order valence-corrected chi connectivity index (χ3v) is 7.39. The van der Waals surface area contributed by atoms with Crippen LogP contribution in [-0.2, 0) is 0 Å². The van der Waals surface area contributed by atoms with Gasteiger partial charge in [-0.15, -0.1) is 24.5 Å². The van der Waals surface area contributed by atoms with E-state index in [9.17, 15) is 18.0 Å². The number of alkyl halides is 3. The number of piperidine rings is 3. The molecule has 0 radical (unpaired) electrons. The second kappa shape index (κ2) is 5.85. The number of thiophene rings is 1. The van der Waals surface area contributed by atoms with E-state index >= 15 is 0 Å². The summed E-state index contributed by atoms with van der Waals surface area (Å²) in [5.74, 6) is 0.0460. The van der Waals surface area contributed by atoms with Gasteiger partial charge in [-0.1, -0.05) is 12.1 Å². The third-order valence-electron chi connectivity index (χ3n) is 6.23. The van der Waals surface area contributed by atoms with E-state index in [4.69, 9.17) is 0 Å². The van der Waals surface area contributed by atoms with Gasteiger partial charge >= 0.3 is 6.36 Å². The van der Waals surface area contributed by atoms with Crippen molar-refractivity contribution in [2.75, 3.05) is 13.1 Å². The predicted molar refractivity (Wildman–Crippen MR) is 96.0 cm³/mol. The minimum atomic E-state index is -4.76. The summed E-state index contributed by atoms with van der Waals surface area (Å²) in [6.07, 6.45) is -0.324. The van der Waals surface area contributed by atoms with E-state index in [0.29, 0.717) is 20.9 Å². The molecule has 2 aromatic rings. The number of benzene rings is 1. The predicted octanol–water partition coefficient (Wildman–Crippen LogP) is 4.16. The zero-order valence-electron chi connectivity index (χ0n) is 14.5. The van der Waals surface area contributed by atoms with Gasteiger partial charge in [0.25, 0.3) is 5.91 Å². The standard InChI is InChI=1S/C19H19F3N2O2S/c20-19(21,22)26-13-3-1-2-12-10-14(27-15(12)13)17(25)23-16-11-4-8-24(9-5-11)18(16)6-7-18/h1-3,10-11,16H,4-9H2,(H,23,25)/t16-/m0/s1. The maximum atomic E-state index is 12.9. The lowest BCUT2D eigenvalue weighted by atomic mass is 9.77. The number of nitrogens with zero attached hydrogens (tertiary/aromatic N) is 1. The Hall–Kier alpha value is -1.80. The van der Waals surface area contributed by atoms with Gasteiger partial charge in [-0.3, -0.25) is 9.69 Å². The molecule has 4 fully saturated rings. The molecule has 4 heterocycles. The van der Waals surface area contributed by atoms with E-state index in [1.165, 1.54) is 12.1 Å². The van der Waals surface area contributed by atoms with Crippen molar-refractivity contribution in [1.82, 2.24) is 10.2 Å². The molecule has 4 aliphatic rings. The topological polar surface area (TPSA) is 41.6 Å². The van der Waals surface area contributed by atoms with Gasteiger partial charge in [0, 0.05) is 5.54 Å². The van der Waals surface area contributed by atoms with Crippen molar-refractivity contribution >= 4 is 27.3 Å². The Bertz CT molecular complexity index is 898. The smallest absolute Gasteiger partial charge is 0.404 e. The SMILES string of the molecule is O=C(N[C@H]1C2CCN(CC2)C12CC2)c1cc2cccc(OC(F)(F)F)c2s1. The lowest BCUT2D eigenvalue weighted by Gasteiger charge is -2.52. The molecule has 3 saturated heterocycles. The Morgan fingerprint density at radius 3 is 2.67 bits per heavy atom. The van der Waals surface area contributed by atoms with Crippen molar-refractivity contribution in [1.29, 1.82) is 0 Å². The van der Waals surface area contributed by atoms with Crippen molar-refractivity contribution in [3.05, 3.63) is 29.1 Å².